The number of benzene rings is 2. The van der Waals surface area contributed by atoms with E-state index in [1.807, 2.05) is 54.6 Å². The van der Waals surface area contributed by atoms with Crippen molar-refractivity contribution in [1.29, 1.82) is 0 Å². The molecule has 0 amide bonds. The molecule has 286 valence electrons. The summed E-state index contributed by atoms with van der Waals surface area (Å²) in [6, 6.07) is 17.8. The van der Waals surface area contributed by atoms with Crippen LogP contribution in [0.2, 0.25) is 36.3 Å². The van der Waals surface area contributed by atoms with E-state index in [9.17, 15) is 4.79 Å². The van der Waals surface area contributed by atoms with Crippen LogP contribution in [0.25, 0.3) is 0 Å². The highest BCUT2D eigenvalue weighted by atomic mass is 28.4. The standard InChI is InChI=1S/C45H74O4Si2/c1-12-13-14-15-16-17-18-19-20-21-25-28-42(48-50(8,9)44(2,3)4)36-43(49-51(10,11)45(5,6)7)35-40(46)32-29-38-30-33-41(34-31-38)47-37-39-26-23-22-24-27-39/h22-24,26-27,30-31,33-34,42-43H,12-21,25,28,35-37H2,1-11H3/t42-,43+/m1/s1. The lowest BCUT2D eigenvalue weighted by Gasteiger charge is -2.42. The topological polar surface area (TPSA) is 44.8 Å². The smallest absolute Gasteiger partial charge is 0.208 e. The summed E-state index contributed by atoms with van der Waals surface area (Å²) < 4.78 is 20.0. The number of Topliss-reactive ketones (excluding diaryl/α,β-unsaturated/α-hetero) is 1. The van der Waals surface area contributed by atoms with Crippen molar-refractivity contribution in [1.82, 2.24) is 0 Å². The molecule has 0 aromatic heterocycles. The number of hydrogen-bond acceptors (Lipinski definition) is 4. The summed E-state index contributed by atoms with van der Waals surface area (Å²) in [6.07, 6.45) is 16.5. The van der Waals surface area contributed by atoms with Gasteiger partial charge in [-0.1, -0.05) is 155 Å². The second-order valence-electron chi connectivity index (χ2n) is 17.7. The summed E-state index contributed by atoms with van der Waals surface area (Å²) in [4.78, 5) is 13.5. The number of hydrogen-bond donors (Lipinski definition) is 0. The largest absolute Gasteiger partial charge is 0.489 e. The van der Waals surface area contributed by atoms with E-state index in [1.165, 1.54) is 64.2 Å². The van der Waals surface area contributed by atoms with E-state index in [2.05, 4.69) is 86.5 Å². The van der Waals surface area contributed by atoms with Crippen LogP contribution in [0.5, 0.6) is 5.75 Å². The Morgan fingerprint density at radius 1 is 0.667 bits per heavy atom. The molecule has 0 unspecified atom stereocenters. The maximum atomic E-state index is 13.5. The van der Waals surface area contributed by atoms with Crippen LogP contribution in [0.3, 0.4) is 0 Å². The van der Waals surface area contributed by atoms with Gasteiger partial charge < -0.3 is 13.6 Å². The van der Waals surface area contributed by atoms with Crippen LogP contribution in [0.15, 0.2) is 54.6 Å². The maximum Gasteiger partial charge on any atom is 0.208 e. The van der Waals surface area contributed by atoms with E-state index < -0.39 is 16.6 Å². The fourth-order valence-electron chi connectivity index (χ4n) is 5.69. The van der Waals surface area contributed by atoms with Gasteiger partial charge in [0.1, 0.15) is 12.4 Å². The Balaban J connectivity index is 2.09. The van der Waals surface area contributed by atoms with Crippen molar-refractivity contribution in [3.05, 3.63) is 65.7 Å². The third-order valence-corrected chi connectivity index (χ3v) is 20.1. The van der Waals surface area contributed by atoms with Crippen LogP contribution in [-0.2, 0) is 20.3 Å². The van der Waals surface area contributed by atoms with Gasteiger partial charge in [0.2, 0.25) is 5.78 Å². The molecule has 4 nitrogen and oxygen atoms in total. The Hall–Kier alpha value is -2.18. The Labute approximate surface area is 316 Å². The summed E-state index contributed by atoms with van der Waals surface area (Å²) in [5.41, 5.74) is 1.92. The van der Waals surface area contributed by atoms with E-state index in [1.54, 1.807) is 0 Å². The minimum Gasteiger partial charge on any atom is -0.489 e. The van der Waals surface area contributed by atoms with Gasteiger partial charge in [0.15, 0.2) is 16.6 Å². The molecular formula is C45H74O4Si2. The fraction of sp³-hybridized carbons (Fsp3) is 0.667. The quantitative estimate of drug-likeness (QED) is 0.0648. The molecule has 2 rings (SSSR count). The first-order valence-corrected chi connectivity index (χ1v) is 25.9. The van der Waals surface area contributed by atoms with E-state index >= 15 is 0 Å². The van der Waals surface area contributed by atoms with Crippen LogP contribution >= 0.6 is 0 Å². The zero-order valence-corrected chi connectivity index (χ0v) is 36.6. The number of carbonyl (C=O) groups is 1. The molecule has 2 aromatic rings. The summed E-state index contributed by atoms with van der Waals surface area (Å²) in [6.45, 7) is 25.8. The molecular weight excluding hydrogens is 661 g/mol. The Morgan fingerprint density at radius 2 is 1.16 bits per heavy atom. The second kappa shape index (κ2) is 22.1. The van der Waals surface area contributed by atoms with E-state index in [0.29, 0.717) is 6.61 Å². The van der Waals surface area contributed by atoms with Gasteiger partial charge in [-0.3, -0.25) is 4.79 Å². The van der Waals surface area contributed by atoms with Crippen molar-refractivity contribution in [3.63, 3.8) is 0 Å². The lowest BCUT2D eigenvalue weighted by molar-refractivity contribution is -0.115. The number of rotatable bonds is 23. The highest BCUT2D eigenvalue weighted by Crippen LogP contribution is 2.41. The predicted molar refractivity (Wildman–Crippen MR) is 224 cm³/mol. The lowest BCUT2D eigenvalue weighted by atomic mass is 10.0. The highest BCUT2D eigenvalue weighted by Gasteiger charge is 2.42. The van der Waals surface area contributed by atoms with E-state index in [0.717, 1.165) is 36.1 Å². The average molecular weight is 735 g/mol. The number of unbranched alkanes of at least 4 members (excludes halogenated alkanes) is 10. The van der Waals surface area contributed by atoms with Crippen LogP contribution < -0.4 is 4.74 Å². The van der Waals surface area contributed by atoms with Crippen molar-refractivity contribution in [3.8, 4) is 17.6 Å². The van der Waals surface area contributed by atoms with Crippen LogP contribution in [0.1, 0.15) is 149 Å². The molecule has 0 radical (unpaired) electrons. The third kappa shape index (κ3) is 17.9. The summed E-state index contributed by atoms with van der Waals surface area (Å²) in [5.74, 6) is 6.75. The van der Waals surface area contributed by atoms with Crippen LogP contribution in [0, 0.1) is 11.8 Å². The van der Waals surface area contributed by atoms with Crippen molar-refractivity contribution < 1.29 is 18.4 Å². The molecule has 0 bridgehead atoms. The number of ether oxygens (including phenoxy) is 1. The number of carbonyl (C=O) groups excluding carboxylic acids is 1. The van der Waals surface area contributed by atoms with Gasteiger partial charge in [-0.2, -0.15) is 0 Å². The molecule has 0 aliphatic heterocycles. The van der Waals surface area contributed by atoms with Crippen molar-refractivity contribution >= 4 is 22.4 Å². The third-order valence-electron chi connectivity index (χ3n) is 11.1. The van der Waals surface area contributed by atoms with E-state index in [4.69, 9.17) is 13.6 Å². The zero-order chi connectivity index (χ0) is 38.0. The predicted octanol–water partition coefficient (Wildman–Crippen LogP) is 13.4. The van der Waals surface area contributed by atoms with Gasteiger partial charge in [-0.25, -0.2) is 0 Å². The first-order chi connectivity index (χ1) is 23.9. The fourth-order valence-corrected chi connectivity index (χ4v) is 8.46. The monoisotopic (exact) mass is 735 g/mol. The Kier molecular flexibility index (Phi) is 19.5. The molecule has 0 N–H and O–H groups in total. The van der Waals surface area contributed by atoms with Crippen molar-refractivity contribution in [2.75, 3.05) is 0 Å². The molecule has 2 aromatic carbocycles. The Morgan fingerprint density at radius 3 is 1.67 bits per heavy atom. The maximum absolute atomic E-state index is 13.5. The van der Waals surface area contributed by atoms with Gasteiger partial charge >= 0.3 is 0 Å². The number of ketones is 1. The molecule has 0 spiro atoms. The summed E-state index contributed by atoms with van der Waals surface area (Å²) >= 11 is 0. The first kappa shape index (κ1) is 45.0. The van der Waals surface area contributed by atoms with Crippen LogP contribution in [-0.4, -0.2) is 34.6 Å². The minimum atomic E-state index is -2.15. The van der Waals surface area contributed by atoms with Crippen molar-refractivity contribution in [2.24, 2.45) is 0 Å². The molecule has 2 atom stereocenters. The van der Waals surface area contributed by atoms with Gasteiger partial charge in [-0.05, 0) is 84.9 Å². The van der Waals surface area contributed by atoms with E-state index in [-0.39, 0.29) is 34.5 Å². The van der Waals surface area contributed by atoms with Gasteiger partial charge in [0, 0.05) is 18.1 Å². The summed E-state index contributed by atoms with van der Waals surface area (Å²) in [5, 5.41) is 0.150. The normalized spacial score (nSPS) is 13.7. The van der Waals surface area contributed by atoms with Crippen LogP contribution in [0.4, 0.5) is 0 Å². The SMILES string of the molecule is CCCCCCCCCCCCC[C@H](C[C@H](CC(=O)C#Cc1ccc(OCc2ccccc2)cc1)O[Si](C)(C)C(C)(C)C)O[Si](C)(C)C(C)(C)C. The molecule has 0 saturated carbocycles. The molecule has 0 saturated heterocycles. The van der Waals surface area contributed by atoms with Gasteiger partial charge in [0.05, 0.1) is 6.10 Å². The molecule has 51 heavy (non-hydrogen) atoms. The molecule has 6 heteroatoms. The minimum absolute atomic E-state index is 0.0378. The second-order valence-corrected chi connectivity index (χ2v) is 27.2. The molecule has 0 heterocycles. The first-order valence-electron chi connectivity index (χ1n) is 20.1. The molecule has 0 aliphatic carbocycles. The van der Waals surface area contributed by atoms with Crippen molar-refractivity contribution in [2.45, 2.75) is 193 Å². The highest BCUT2D eigenvalue weighted by molar-refractivity contribution is 6.74. The zero-order valence-electron chi connectivity index (χ0n) is 34.6. The Bertz CT molecular complexity index is 1310. The summed E-state index contributed by atoms with van der Waals surface area (Å²) in [7, 11) is -4.18. The van der Waals surface area contributed by atoms with Gasteiger partial charge in [-0.15, -0.1) is 0 Å². The molecule has 0 fully saturated rings. The molecule has 0 aliphatic rings. The lowest BCUT2D eigenvalue weighted by Crippen LogP contribution is -2.47. The van der Waals surface area contributed by atoms with Gasteiger partial charge in [0.25, 0.3) is 0 Å². The average Bonchev–Trinajstić information content (AvgIpc) is 3.04.